The predicted molar refractivity (Wildman–Crippen MR) is 107 cm³/mol. The summed E-state index contributed by atoms with van der Waals surface area (Å²) in [6.45, 7) is 1.19. The van der Waals surface area contributed by atoms with Crippen LogP contribution in [0.25, 0.3) is 10.8 Å². The van der Waals surface area contributed by atoms with Gasteiger partial charge in [0.2, 0.25) is 0 Å². The van der Waals surface area contributed by atoms with Gasteiger partial charge in [0.1, 0.15) is 11.9 Å². The van der Waals surface area contributed by atoms with Crippen LogP contribution < -0.4 is 9.47 Å². The second-order valence-corrected chi connectivity index (χ2v) is 7.14. The molecule has 0 saturated carbocycles. The lowest BCUT2D eigenvalue weighted by molar-refractivity contribution is -0.136. The van der Waals surface area contributed by atoms with E-state index in [1.807, 2.05) is 42.5 Å². The topological polar surface area (TPSA) is 64.5 Å². The summed E-state index contributed by atoms with van der Waals surface area (Å²) in [4.78, 5) is 22.4. The van der Waals surface area contributed by atoms with Gasteiger partial charge in [0, 0.05) is 6.54 Å². The van der Waals surface area contributed by atoms with Crippen molar-refractivity contribution in [3.8, 4) is 11.8 Å². The molecule has 1 fully saturated rings. The second-order valence-electron chi connectivity index (χ2n) is 6.70. The number of halogens is 1. The van der Waals surface area contributed by atoms with Gasteiger partial charge >= 0.3 is 6.01 Å². The quantitative estimate of drug-likeness (QED) is 0.656. The summed E-state index contributed by atoms with van der Waals surface area (Å²) >= 11 is 5.79. The zero-order valence-corrected chi connectivity index (χ0v) is 16.0. The second kappa shape index (κ2) is 8.44. The first-order valence-corrected chi connectivity index (χ1v) is 9.59. The van der Waals surface area contributed by atoms with Gasteiger partial charge in [-0.1, -0.05) is 41.9 Å². The molecule has 0 radical (unpaired) electrons. The number of amides is 1. The fourth-order valence-corrected chi connectivity index (χ4v) is 3.36. The molecule has 7 heteroatoms. The SMILES string of the molecule is O=C(COc1ccc2ccccc2c1)N1CCCC(Oc2ncc(Cl)cn2)C1. The molecule has 1 atom stereocenters. The Balaban J connectivity index is 1.32. The van der Waals surface area contributed by atoms with E-state index in [1.54, 1.807) is 4.90 Å². The maximum atomic E-state index is 12.6. The maximum absolute atomic E-state index is 12.6. The average molecular weight is 398 g/mol. The molecule has 144 valence electrons. The molecule has 0 aliphatic carbocycles. The van der Waals surface area contributed by atoms with Crippen LogP contribution in [-0.2, 0) is 4.79 Å². The fraction of sp³-hybridized carbons (Fsp3) is 0.286. The molecule has 0 bridgehead atoms. The van der Waals surface area contributed by atoms with Gasteiger partial charge in [-0.3, -0.25) is 4.79 Å². The van der Waals surface area contributed by atoms with E-state index in [4.69, 9.17) is 21.1 Å². The smallest absolute Gasteiger partial charge is 0.316 e. The van der Waals surface area contributed by atoms with Crippen molar-refractivity contribution in [2.75, 3.05) is 19.7 Å². The van der Waals surface area contributed by atoms with E-state index in [-0.39, 0.29) is 24.6 Å². The third kappa shape index (κ3) is 4.51. The highest BCUT2D eigenvalue weighted by atomic mass is 35.5. The first kappa shape index (κ1) is 18.5. The summed E-state index contributed by atoms with van der Waals surface area (Å²) in [7, 11) is 0. The van der Waals surface area contributed by atoms with Crippen molar-refractivity contribution in [3.63, 3.8) is 0 Å². The Bertz CT molecular complexity index is 965. The minimum absolute atomic E-state index is 0.00249. The van der Waals surface area contributed by atoms with Crippen molar-refractivity contribution in [3.05, 3.63) is 59.9 Å². The van der Waals surface area contributed by atoms with Crippen LogP contribution in [0.1, 0.15) is 12.8 Å². The van der Waals surface area contributed by atoms with Crippen LogP contribution in [0.4, 0.5) is 0 Å². The summed E-state index contributed by atoms with van der Waals surface area (Å²) < 4.78 is 11.5. The van der Waals surface area contributed by atoms with Crippen LogP contribution in [0.3, 0.4) is 0 Å². The Hall–Kier alpha value is -2.86. The first-order valence-electron chi connectivity index (χ1n) is 9.21. The Morgan fingerprint density at radius 3 is 2.75 bits per heavy atom. The maximum Gasteiger partial charge on any atom is 0.316 e. The number of rotatable bonds is 5. The summed E-state index contributed by atoms with van der Waals surface area (Å²) in [5, 5.41) is 2.68. The summed E-state index contributed by atoms with van der Waals surface area (Å²) in [5.41, 5.74) is 0. The number of benzene rings is 2. The number of likely N-dealkylation sites (tertiary alicyclic amines) is 1. The molecule has 1 amide bonds. The zero-order chi connectivity index (χ0) is 19.3. The van der Waals surface area contributed by atoms with Crippen LogP contribution in [0.2, 0.25) is 5.02 Å². The molecule has 6 nitrogen and oxygen atoms in total. The number of fused-ring (bicyclic) bond motifs is 1. The first-order chi connectivity index (χ1) is 13.7. The van der Waals surface area contributed by atoms with E-state index in [9.17, 15) is 4.79 Å². The highest BCUT2D eigenvalue weighted by molar-refractivity contribution is 6.30. The van der Waals surface area contributed by atoms with Gasteiger partial charge in [0.05, 0.1) is 24.0 Å². The molecular weight excluding hydrogens is 378 g/mol. The van der Waals surface area contributed by atoms with E-state index in [0.717, 1.165) is 23.6 Å². The van der Waals surface area contributed by atoms with Crippen molar-refractivity contribution in [1.29, 1.82) is 0 Å². The number of carbonyl (C=O) groups is 1. The Labute approximate surface area is 168 Å². The third-order valence-corrected chi connectivity index (χ3v) is 4.88. The Kier molecular flexibility index (Phi) is 5.58. The normalized spacial score (nSPS) is 16.8. The number of aromatic nitrogens is 2. The van der Waals surface area contributed by atoms with E-state index in [1.165, 1.54) is 12.4 Å². The highest BCUT2D eigenvalue weighted by Crippen LogP contribution is 2.21. The lowest BCUT2D eigenvalue weighted by Gasteiger charge is -2.32. The zero-order valence-electron chi connectivity index (χ0n) is 15.3. The lowest BCUT2D eigenvalue weighted by Crippen LogP contribution is -2.46. The highest BCUT2D eigenvalue weighted by Gasteiger charge is 2.25. The summed E-state index contributed by atoms with van der Waals surface area (Å²) in [6.07, 6.45) is 4.56. The van der Waals surface area contributed by atoms with Crippen molar-refractivity contribution < 1.29 is 14.3 Å². The summed E-state index contributed by atoms with van der Waals surface area (Å²) in [5.74, 6) is 0.630. The monoisotopic (exact) mass is 397 g/mol. The Morgan fingerprint density at radius 2 is 1.93 bits per heavy atom. The van der Waals surface area contributed by atoms with Crippen LogP contribution in [0, 0.1) is 0 Å². The largest absolute Gasteiger partial charge is 0.484 e. The Morgan fingerprint density at radius 1 is 1.14 bits per heavy atom. The minimum Gasteiger partial charge on any atom is -0.484 e. The average Bonchev–Trinajstić information content (AvgIpc) is 2.74. The van der Waals surface area contributed by atoms with Gasteiger partial charge in [-0.15, -0.1) is 0 Å². The molecule has 1 unspecified atom stereocenters. The van der Waals surface area contributed by atoms with Crippen LogP contribution >= 0.6 is 11.6 Å². The van der Waals surface area contributed by atoms with Gasteiger partial charge in [-0.25, -0.2) is 9.97 Å². The fourth-order valence-electron chi connectivity index (χ4n) is 3.26. The third-order valence-electron chi connectivity index (χ3n) is 4.68. The number of piperidine rings is 1. The molecule has 4 rings (SSSR count). The molecule has 0 N–H and O–H groups in total. The van der Waals surface area contributed by atoms with E-state index < -0.39 is 0 Å². The van der Waals surface area contributed by atoms with E-state index >= 15 is 0 Å². The predicted octanol–water partition coefficient (Wildman–Crippen LogP) is 3.73. The molecule has 28 heavy (non-hydrogen) atoms. The van der Waals surface area contributed by atoms with Gasteiger partial charge < -0.3 is 14.4 Å². The van der Waals surface area contributed by atoms with Crippen LogP contribution in [0.15, 0.2) is 54.9 Å². The van der Waals surface area contributed by atoms with E-state index in [2.05, 4.69) is 9.97 Å². The summed E-state index contributed by atoms with van der Waals surface area (Å²) in [6, 6.07) is 14.1. The number of carbonyl (C=O) groups excluding carboxylic acids is 1. The van der Waals surface area contributed by atoms with Gasteiger partial charge in [-0.05, 0) is 35.7 Å². The van der Waals surface area contributed by atoms with Crippen molar-refractivity contribution >= 4 is 28.3 Å². The minimum atomic E-state index is -0.139. The molecule has 1 aliphatic heterocycles. The number of hydrogen-bond acceptors (Lipinski definition) is 5. The van der Waals surface area contributed by atoms with Crippen molar-refractivity contribution in [2.45, 2.75) is 18.9 Å². The van der Waals surface area contributed by atoms with Crippen LogP contribution in [0.5, 0.6) is 11.8 Å². The van der Waals surface area contributed by atoms with Crippen LogP contribution in [-0.4, -0.2) is 46.6 Å². The number of ether oxygens (including phenoxy) is 2. The molecule has 0 spiro atoms. The molecule has 2 aromatic carbocycles. The molecular formula is C21H20ClN3O3. The molecule has 1 aliphatic rings. The molecule has 1 saturated heterocycles. The van der Waals surface area contributed by atoms with Gasteiger partial charge in [0.25, 0.3) is 5.91 Å². The van der Waals surface area contributed by atoms with Gasteiger partial charge in [-0.2, -0.15) is 0 Å². The molecule has 2 heterocycles. The van der Waals surface area contributed by atoms with E-state index in [0.29, 0.717) is 23.9 Å². The number of nitrogens with zero attached hydrogens (tertiary/aromatic N) is 3. The van der Waals surface area contributed by atoms with Crippen molar-refractivity contribution in [1.82, 2.24) is 14.9 Å². The molecule has 1 aromatic heterocycles. The standard InChI is InChI=1S/C21H20ClN3O3/c22-17-11-23-21(24-12-17)28-19-6-3-9-25(13-19)20(26)14-27-18-8-7-15-4-1-2-5-16(15)10-18/h1-2,4-5,7-8,10-12,19H,3,6,9,13-14H2. The van der Waals surface area contributed by atoms with Crippen molar-refractivity contribution in [2.24, 2.45) is 0 Å². The molecule has 3 aromatic rings. The number of hydrogen-bond donors (Lipinski definition) is 0. The van der Waals surface area contributed by atoms with Gasteiger partial charge in [0.15, 0.2) is 6.61 Å². The lowest BCUT2D eigenvalue weighted by atomic mass is 10.1.